The summed E-state index contributed by atoms with van der Waals surface area (Å²) in [5.41, 5.74) is 0.652. The van der Waals surface area contributed by atoms with Gasteiger partial charge in [-0.05, 0) is 143 Å². The molecule has 0 unspecified atom stereocenters. The number of halogens is 2. The van der Waals surface area contributed by atoms with E-state index in [-0.39, 0.29) is 11.1 Å². The lowest BCUT2D eigenvalue weighted by molar-refractivity contribution is 0.228. The maximum atomic E-state index is 13.0. The Morgan fingerprint density at radius 3 is 1.96 bits per heavy atom. The molecule has 6 nitrogen and oxygen atoms in total. The second-order valence-electron chi connectivity index (χ2n) is 8.81. The highest BCUT2D eigenvalue weighted by atomic mass is 35.5. The first-order chi connectivity index (χ1) is 22.5. The summed E-state index contributed by atoms with van der Waals surface area (Å²) in [4.78, 5) is 15.1. The van der Waals surface area contributed by atoms with Gasteiger partial charge in [-0.1, -0.05) is 0 Å². The molecule has 2 aromatic heterocycles. The van der Waals surface area contributed by atoms with Crippen LogP contribution in [0.4, 0.5) is 10.2 Å². The first-order valence-corrected chi connectivity index (χ1v) is 13.8. The summed E-state index contributed by atoms with van der Waals surface area (Å²) in [6, 6.07) is 6.09. The smallest absolute Gasteiger partial charge is 0.224 e. The SMILES string of the molecule is C#CC#CC#CC#CC#CC#CC#CC#CC#C.COc1cncc2nc(Cl)nc(N3CCC[C@@H](COc4ccc(F)cc4)C3)c12. The van der Waals surface area contributed by atoms with Gasteiger partial charge < -0.3 is 14.4 Å². The van der Waals surface area contributed by atoms with Crippen LogP contribution in [0, 0.1) is 119 Å². The molecule has 0 aliphatic carbocycles. The molecule has 3 aromatic rings. The zero-order chi connectivity index (χ0) is 32.8. The Morgan fingerprint density at radius 1 is 0.848 bits per heavy atom. The van der Waals surface area contributed by atoms with E-state index in [0.29, 0.717) is 29.5 Å². The van der Waals surface area contributed by atoms with Gasteiger partial charge in [-0.3, -0.25) is 4.98 Å². The van der Waals surface area contributed by atoms with E-state index in [1.54, 1.807) is 31.6 Å². The van der Waals surface area contributed by atoms with Crippen molar-refractivity contribution in [3.63, 3.8) is 0 Å². The number of piperidine rings is 1. The van der Waals surface area contributed by atoms with Crippen LogP contribution in [-0.2, 0) is 0 Å². The predicted molar refractivity (Wildman–Crippen MR) is 178 cm³/mol. The molecule has 4 rings (SSSR count). The molecule has 1 aliphatic heterocycles. The summed E-state index contributed by atoms with van der Waals surface area (Å²) in [5.74, 6) is 40.3. The van der Waals surface area contributed by atoms with Crippen LogP contribution < -0.4 is 14.4 Å². The number of hydrogen-bond donors (Lipinski definition) is 0. The lowest BCUT2D eigenvalue weighted by Gasteiger charge is -2.34. The summed E-state index contributed by atoms with van der Waals surface area (Å²) >= 11 is 6.16. The van der Waals surface area contributed by atoms with Crippen molar-refractivity contribution in [1.29, 1.82) is 0 Å². The van der Waals surface area contributed by atoms with Gasteiger partial charge in [0.15, 0.2) is 0 Å². The van der Waals surface area contributed by atoms with Gasteiger partial charge in [0.25, 0.3) is 0 Å². The minimum atomic E-state index is -0.271. The quantitative estimate of drug-likeness (QED) is 0.312. The van der Waals surface area contributed by atoms with Gasteiger partial charge in [0.1, 0.15) is 23.1 Å². The lowest BCUT2D eigenvalue weighted by Crippen LogP contribution is -2.38. The second kappa shape index (κ2) is 19.5. The van der Waals surface area contributed by atoms with Crippen LogP contribution in [0.2, 0.25) is 5.28 Å². The molecule has 220 valence electrons. The normalized spacial score (nSPS) is 11.8. The van der Waals surface area contributed by atoms with E-state index < -0.39 is 0 Å². The number of fused-ring (bicyclic) bond motifs is 1. The van der Waals surface area contributed by atoms with Crippen molar-refractivity contribution < 1.29 is 13.9 Å². The molecule has 0 radical (unpaired) electrons. The third-order valence-electron chi connectivity index (χ3n) is 5.82. The third kappa shape index (κ3) is 11.6. The van der Waals surface area contributed by atoms with Gasteiger partial charge in [0.05, 0.1) is 37.0 Å². The fraction of sp³-hybridized carbons (Fsp3) is 0.184. The van der Waals surface area contributed by atoms with Gasteiger partial charge in [0.2, 0.25) is 5.28 Å². The molecule has 1 aromatic carbocycles. The first kappa shape index (κ1) is 33.9. The van der Waals surface area contributed by atoms with Gasteiger partial charge in [-0.2, -0.15) is 4.98 Å². The average molecular weight is 621 g/mol. The molecular weight excluding hydrogens is 599 g/mol. The minimum absolute atomic E-state index is 0.183. The van der Waals surface area contributed by atoms with Gasteiger partial charge in [-0.15, -0.1) is 12.8 Å². The molecule has 0 N–H and O–H groups in total. The Kier molecular flexibility index (Phi) is 14.4. The fourth-order valence-electron chi connectivity index (χ4n) is 3.98. The molecule has 1 aliphatic rings. The molecule has 8 heteroatoms. The van der Waals surface area contributed by atoms with Crippen molar-refractivity contribution in [3.05, 3.63) is 47.8 Å². The van der Waals surface area contributed by atoms with Gasteiger partial charge >= 0.3 is 0 Å². The fourth-order valence-corrected chi connectivity index (χ4v) is 4.15. The number of aromatic nitrogens is 3. The van der Waals surface area contributed by atoms with E-state index in [1.807, 2.05) is 0 Å². The second-order valence-corrected chi connectivity index (χ2v) is 9.15. The zero-order valence-corrected chi connectivity index (χ0v) is 25.3. The summed E-state index contributed by atoms with van der Waals surface area (Å²) < 4.78 is 24.4. The number of pyridine rings is 1. The number of methoxy groups -OCH3 is 1. The highest BCUT2D eigenvalue weighted by Gasteiger charge is 2.25. The van der Waals surface area contributed by atoms with Crippen LogP contribution in [0.15, 0.2) is 36.7 Å². The van der Waals surface area contributed by atoms with E-state index in [2.05, 4.69) is 115 Å². The maximum absolute atomic E-state index is 13.0. The summed E-state index contributed by atoms with van der Waals surface area (Å²) in [6.07, 6.45) is 15.1. The monoisotopic (exact) mass is 620 g/mol. The van der Waals surface area contributed by atoms with Crippen molar-refractivity contribution in [2.75, 3.05) is 31.7 Å². The number of ether oxygens (including phenoxy) is 2. The number of rotatable bonds is 5. The highest BCUT2D eigenvalue weighted by Crippen LogP contribution is 2.34. The van der Waals surface area contributed by atoms with Crippen LogP contribution in [0.25, 0.3) is 10.9 Å². The van der Waals surface area contributed by atoms with Crippen LogP contribution in [0.5, 0.6) is 11.5 Å². The predicted octanol–water partition coefficient (Wildman–Crippen LogP) is 4.40. The highest BCUT2D eigenvalue weighted by molar-refractivity contribution is 6.29. The first-order valence-electron chi connectivity index (χ1n) is 13.5. The Bertz CT molecular complexity index is 2030. The molecule has 0 bridgehead atoms. The van der Waals surface area contributed by atoms with Crippen LogP contribution in [0.1, 0.15) is 12.8 Å². The number of terminal acetylenes is 2. The number of anilines is 1. The zero-order valence-electron chi connectivity index (χ0n) is 24.6. The van der Waals surface area contributed by atoms with Crippen molar-refractivity contribution in [1.82, 2.24) is 15.0 Å². The molecule has 3 heterocycles. The van der Waals surface area contributed by atoms with Crippen LogP contribution in [0.3, 0.4) is 0 Å². The third-order valence-corrected chi connectivity index (χ3v) is 5.99. The van der Waals surface area contributed by atoms with Crippen LogP contribution >= 0.6 is 11.6 Å². The molecule has 1 atom stereocenters. The van der Waals surface area contributed by atoms with Crippen molar-refractivity contribution in [2.24, 2.45) is 5.92 Å². The van der Waals surface area contributed by atoms with Crippen molar-refractivity contribution in [3.8, 4) is 119 Å². The molecule has 0 saturated carbocycles. The molecule has 46 heavy (non-hydrogen) atoms. The Hall–Kier alpha value is -6.63. The minimum Gasteiger partial charge on any atom is -0.494 e. The van der Waals surface area contributed by atoms with Gasteiger partial charge in [0, 0.05) is 19.0 Å². The van der Waals surface area contributed by atoms with E-state index in [9.17, 15) is 4.39 Å². The van der Waals surface area contributed by atoms with Crippen molar-refractivity contribution in [2.45, 2.75) is 12.8 Å². The maximum Gasteiger partial charge on any atom is 0.224 e. The molecular formula is C38H22ClFN4O2. The van der Waals surface area contributed by atoms with Gasteiger partial charge in [-0.25, -0.2) is 9.37 Å². The largest absolute Gasteiger partial charge is 0.494 e. The Labute approximate surface area is 273 Å². The number of hydrogen-bond acceptors (Lipinski definition) is 6. The summed E-state index contributed by atoms with van der Waals surface area (Å²) in [6.45, 7) is 2.19. The number of benzene rings is 1. The van der Waals surface area contributed by atoms with E-state index in [1.165, 1.54) is 12.1 Å². The van der Waals surface area contributed by atoms with E-state index in [0.717, 1.165) is 37.1 Å². The topological polar surface area (TPSA) is 60.4 Å². The summed E-state index contributed by atoms with van der Waals surface area (Å²) in [7, 11) is 1.60. The van der Waals surface area contributed by atoms with Crippen LogP contribution in [-0.4, -0.2) is 41.8 Å². The Balaban J connectivity index is 0.000000280. The average Bonchev–Trinajstić information content (AvgIpc) is 3.08. The standard InChI is InChI=1S/C20H20ClFN4O2.C18H2/c1-27-17-10-23-9-16-18(17)19(25-20(21)24-16)26-8-2-3-13(11-26)12-28-15-6-4-14(22)5-7-15;1-3-5-7-9-11-13-15-17-18-16-14-12-10-8-6-4-2/h4-7,9-10,13H,2-3,8,11-12H2,1H3;1-2H/t13-;/m1./s1. The summed E-state index contributed by atoms with van der Waals surface area (Å²) in [5, 5.41) is 0.990. The molecule has 0 spiro atoms. The van der Waals surface area contributed by atoms with E-state index >= 15 is 0 Å². The Morgan fingerprint density at radius 2 is 1.41 bits per heavy atom. The van der Waals surface area contributed by atoms with E-state index in [4.69, 9.17) is 33.9 Å². The molecule has 1 fully saturated rings. The molecule has 0 amide bonds. The number of nitrogens with zero attached hydrogens (tertiary/aromatic N) is 4. The lowest BCUT2D eigenvalue weighted by atomic mass is 9.98. The van der Waals surface area contributed by atoms with Crippen molar-refractivity contribution >= 4 is 28.3 Å². The molecule has 1 saturated heterocycles.